The predicted octanol–water partition coefficient (Wildman–Crippen LogP) is 5.29. The quantitative estimate of drug-likeness (QED) is 0.336. The van der Waals surface area contributed by atoms with E-state index in [9.17, 15) is 26.0 Å². The first-order valence-corrected chi connectivity index (χ1v) is 9.81. The van der Waals surface area contributed by atoms with E-state index in [2.05, 4.69) is 4.98 Å². The number of sulfone groups is 1. The Bertz CT molecular complexity index is 1370. The number of para-hydroxylation sites is 1. The second-order valence-corrected chi connectivity index (χ2v) is 8.13. The molecule has 0 radical (unpaired) electrons. The van der Waals surface area contributed by atoms with Gasteiger partial charge in [0.1, 0.15) is 17.2 Å². The Kier molecular flexibility index (Phi) is 4.58. The number of aromatic nitrogens is 1. The zero-order chi connectivity index (χ0) is 20.8. The number of pyridine rings is 1. The fourth-order valence-electron chi connectivity index (χ4n) is 2.99. The van der Waals surface area contributed by atoms with Crippen molar-refractivity contribution in [3.63, 3.8) is 0 Å². The molecule has 0 aliphatic heterocycles. The second-order valence-electron chi connectivity index (χ2n) is 6.23. The number of benzene rings is 3. The first-order valence-electron chi connectivity index (χ1n) is 8.33. The van der Waals surface area contributed by atoms with Crippen LogP contribution in [0.1, 0.15) is 0 Å². The highest BCUT2D eigenvalue weighted by Gasteiger charge is 2.24. The van der Waals surface area contributed by atoms with Crippen LogP contribution in [0.5, 0.6) is 0 Å². The molecule has 0 saturated carbocycles. The van der Waals surface area contributed by atoms with Crippen LogP contribution in [0.25, 0.3) is 22.0 Å². The molecule has 4 aromatic rings. The number of nitrogens with zero attached hydrogens (tertiary/aromatic N) is 1. The summed E-state index contributed by atoms with van der Waals surface area (Å²) in [5.41, 5.74) is 0.301. The highest BCUT2D eigenvalue weighted by molar-refractivity contribution is 7.91. The molecule has 0 N–H and O–H groups in total. The molecule has 3 aromatic carbocycles. The van der Waals surface area contributed by atoms with Crippen molar-refractivity contribution in [3.05, 3.63) is 90.0 Å². The Morgan fingerprint density at radius 1 is 0.724 bits per heavy atom. The molecule has 8 heteroatoms. The van der Waals surface area contributed by atoms with Crippen molar-refractivity contribution in [3.8, 4) is 11.1 Å². The van der Waals surface area contributed by atoms with Gasteiger partial charge in [-0.2, -0.15) is 0 Å². The number of fused-ring (bicyclic) bond motifs is 1. The van der Waals surface area contributed by atoms with Gasteiger partial charge < -0.3 is 0 Å². The minimum absolute atomic E-state index is 0.232. The molecule has 0 amide bonds. The fourth-order valence-corrected chi connectivity index (χ4v) is 4.22. The highest BCUT2D eigenvalue weighted by Crippen LogP contribution is 2.33. The maximum absolute atomic E-state index is 14.4. The zero-order valence-electron chi connectivity index (χ0n) is 14.5. The Labute approximate surface area is 163 Å². The summed E-state index contributed by atoms with van der Waals surface area (Å²) in [7, 11) is -4.41. The van der Waals surface area contributed by atoms with E-state index in [1.807, 2.05) is 0 Å². The summed E-state index contributed by atoms with van der Waals surface area (Å²) in [5, 5.41) is -0.291. The third-order valence-corrected chi connectivity index (χ3v) is 6.01. The molecule has 3 nitrogen and oxygen atoms in total. The summed E-state index contributed by atoms with van der Waals surface area (Å²) < 4.78 is 80.8. The maximum atomic E-state index is 14.4. The van der Waals surface area contributed by atoms with Gasteiger partial charge in [0.15, 0.2) is 16.7 Å². The van der Waals surface area contributed by atoms with E-state index in [4.69, 9.17) is 0 Å². The lowest BCUT2D eigenvalue weighted by Gasteiger charge is -2.11. The van der Waals surface area contributed by atoms with Crippen LogP contribution in [-0.4, -0.2) is 13.4 Å². The van der Waals surface area contributed by atoms with Crippen molar-refractivity contribution >= 4 is 20.7 Å². The normalized spacial score (nSPS) is 11.7. The Morgan fingerprint density at radius 3 is 2.21 bits per heavy atom. The van der Waals surface area contributed by atoms with Crippen molar-refractivity contribution < 1.29 is 26.0 Å². The third-order valence-electron chi connectivity index (χ3n) is 4.38. The topological polar surface area (TPSA) is 47.0 Å². The van der Waals surface area contributed by atoms with Crippen LogP contribution < -0.4 is 0 Å². The average molecular weight is 417 g/mol. The lowest BCUT2D eigenvalue weighted by Crippen LogP contribution is -2.07. The minimum Gasteiger partial charge on any atom is -0.233 e. The van der Waals surface area contributed by atoms with E-state index in [1.165, 1.54) is 36.4 Å². The molecular weight excluding hydrogens is 406 g/mol. The molecule has 0 atom stereocenters. The Balaban J connectivity index is 2.03. The summed E-state index contributed by atoms with van der Waals surface area (Å²) in [4.78, 5) is 3.37. The monoisotopic (exact) mass is 417 g/mol. The summed E-state index contributed by atoms with van der Waals surface area (Å²) in [5.74, 6) is -3.89. The maximum Gasteiger partial charge on any atom is 0.223 e. The van der Waals surface area contributed by atoms with Crippen LogP contribution in [0.4, 0.5) is 17.6 Å². The van der Waals surface area contributed by atoms with Gasteiger partial charge in [-0.25, -0.2) is 31.0 Å². The molecular formula is C21H11F4NO2S. The largest absolute Gasteiger partial charge is 0.233 e. The molecule has 0 aliphatic carbocycles. The molecule has 4 rings (SSSR count). The van der Waals surface area contributed by atoms with Gasteiger partial charge in [0, 0.05) is 5.39 Å². The van der Waals surface area contributed by atoms with Crippen molar-refractivity contribution in [1.29, 1.82) is 0 Å². The summed E-state index contributed by atoms with van der Waals surface area (Å²) in [6.45, 7) is 0. The van der Waals surface area contributed by atoms with E-state index in [0.717, 1.165) is 18.2 Å². The molecule has 29 heavy (non-hydrogen) atoms. The van der Waals surface area contributed by atoms with E-state index in [-0.39, 0.29) is 16.5 Å². The van der Waals surface area contributed by atoms with E-state index in [1.54, 1.807) is 0 Å². The first-order chi connectivity index (χ1) is 13.8. The summed E-state index contributed by atoms with van der Waals surface area (Å²) in [6.07, 6.45) is 0. The smallest absolute Gasteiger partial charge is 0.223 e. The molecule has 0 bridgehead atoms. The Morgan fingerprint density at radius 2 is 1.48 bits per heavy atom. The van der Waals surface area contributed by atoms with Crippen LogP contribution in [0.15, 0.2) is 76.7 Å². The van der Waals surface area contributed by atoms with Gasteiger partial charge in [0.2, 0.25) is 9.84 Å². The van der Waals surface area contributed by atoms with Gasteiger partial charge in [-0.05, 0) is 53.6 Å². The standard InChI is InChI=1S/C21H11F4NO2S/c22-13-4-1-3-12(9-13)16-11-20(26-21-15(16)5-2-6-18(21)24)29(27,28)14-7-8-17(23)19(25)10-14/h1-11H. The number of rotatable bonds is 3. The van der Waals surface area contributed by atoms with Gasteiger partial charge >= 0.3 is 0 Å². The molecule has 0 fully saturated rings. The predicted molar refractivity (Wildman–Crippen MR) is 98.9 cm³/mol. The number of hydrogen-bond donors (Lipinski definition) is 0. The highest BCUT2D eigenvalue weighted by atomic mass is 32.2. The molecule has 0 aliphatic rings. The lowest BCUT2D eigenvalue weighted by molar-refractivity contribution is 0.504. The SMILES string of the molecule is O=S(=O)(c1ccc(F)c(F)c1)c1cc(-c2cccc(F)c2)c2cccc(F)c2n1. The van der Waals surface area contributed by atoms with Gasteiger partial charge in [-0.15, -0.1) is 0 Å². The lowest BCUT2D eigenvalue weighted by atomic mass is 10.0. The van der Waals surface area contributed by atoms with Crippen LogP contribution in [-0.2, 0) is 9.84 Å². The molecule has 146 valence electrons. The van der Waals surface area contributed by atoms with E-state index in [0.29, 0.717) is 17.7 Å². The van der Waals surface area contributed by atoms with Crippen molar-refractivity contribution in [2.75, 3.05) is 0 Å². The van der Waals surface area contributed by atoms with Crippen LogP contribution in [0, 0.1) is 23.3 Å². The fraction of sp³-hybridized carbons (Fsp3) is 0. The molecule has 0 unspecified atom stereocenters. The van der Waals surface area contributed by atoms with Crippen LogP contribution in [0.3, 0.4) is 0 Å². The molecule has 1 heterocycles. The minimum atomic E-state index is -4.41. The van der Waals surface area contributed by atoms with E-state index >= 15 is 0 Å². The summed E-state index contributed by atoms with van der Waals surface area (Å²) >= 11 is 0. The van der Waals surface area contributed by atoms with Gasteiger partial charge in [-0.3, -0.25) is 0 Å². The van der Waals surface area contributed by atoms with Crippen molar-refractivity contribution in [1.82, 2.24) is 4.98 Å². The van der Waals surface area contributed by atoms with Crippen molar-refractivity contribution in [2.24, 2.45) is 0 Å². The van der Waals surface area contributed by atoms with Crippen LogP contribution in [0.2, 0.25) is 0 Å². The van der Waals surface area contributed by atoms with E-state index < -0.39 is 43.0 Å². The average Bonchev–Trinajstić information content (AvgIpc) is 2.69. The molecule has 0 saturated heterocycles. The van der Waals surface area contributed by atoms with Gasteiger partial charge in [-0.1, -0.05) is 24.3 Å². The zero-order valence-corrected chi connectivity index (χ0v) is 15.4. The second kappa shape index (κ2) is 6.97. The molecule has 0 spiro atoms. The van der Waals surface area contributed by atoms with Gasteiger partial charge in [0.05, 0.1) is 4.90 Å². The van der Waals surface area contributed by atoms with Crippen LogP contribution >= 0.6 is 0 Å². The summed E-state index contributed by atoms with van der Waals surface area (Å²) in [6, 6.07) is 12.7. The first kappa shape index (κ1) is 19.1. The molecule has 1 aromatic heterocycles. The third kappa shape index (κ3) is 3.36. The number of hydrogen-bond acceptors (Lipinski definition) is 3. The number of halogens is 4. The van der Waals surface area contributed by atoms with Gasteiger partial charge in [0.25, 0.3) is 0 Å². The Hall–Kier alpha value is -3.26. The van der Waals surface area contributed by atoms with Crippen molar-refractivity contribution in [2.45, 2.75) is 9.92 Å².